The van der Waals surface area contributed by atoms with Crippen molar-refractivity contribution in [3.8, 4) is 50.9 Å². The van der Waals surface area contributed by atoms with Crippen molar-refractivity contribution in [1.82, 2.24) is 14.1 Å². The Labute approximate surface area is 337 Å². The second-order valence-corrected chi connectivity index (χ2v) is 12.4. The third-order valence-corrected chi connectivity index (χ3v) is 8.85. The predicted octanol–water partition coefficient (Wildman–Crippen LogP) is 10.9. The van der Waals surface area contributed by atoms with Crippen molar-refractivity contribution < 1.29 is 44.1 Å². The van der Waals surface area contributed by atoms with Crippen LogP contribution in [0.1, 0.15) is 39.0 Å². The molecule has 3 aromatic heterocycles. The summed E-state index contributed by atoms with van der Waals surface area (Å²) in [5, 5.41) is 2.04. The van der Waals surface area contributed by atoms with Crippen LogP contribution in [0.3, 0.4) is 0 Å². The number of fused-ring (bicyclic) bond motifs is 3. The van der Waals surface area contributed by atoms with Crippen molar-refractivity contribution in [3.63, 3.8) is 0 Å². The monoisotopic (exact) mass is 875 g/mol. The van der Waals surface area contributed by atoms with E-state index in [2.05, 4.69) is 55.1 Å². The van der Waals surface area contributed by atoms with Gasteiger partial charge in [-0.2, -0.15) is 18.2 Å². The molecule has 0 N–H and O–H groups in total. The van der Waals surface area contributed by atoms with Crippen LogP contribution in [0.5, 0.6) is 11.5 Å². The molecule has 6 heteroatoms. The average Bonchev–Trinajstić information content (AvgIpc) is 3.90. The fraction of sp³-hybridized carbons (Fsp3) is 0.0638. The van der Waals surface area contributed by atoms with E-state index < -0.39 is 60.4 Å². The van der Waals surface area contributed by atoms with Gasteiger partial charge in [0.1, 0.15) is 5.82 Å². The Hall–Kier alpha value is -6.03. The Morgan fingerprint density at radius 1 is 0.736 bits per heavy atom. The molecule has 5 nitrogen and oxygen atoms in total. The molecule has 6 aromatic carbocycles. The molecule has 0 amide bonds. The van der Waals surface area contributed by atoms with Crippen LogP contribution < -0.4 is 9.30 Å². The predicted molar refractivity (Wildman–Crippen MR) is 207 cm³/mol. The van der Waals surface area contributed by atoms with E-state index in [4.69, 9.17) is 23.4 Å². The summed E-state index contributed by atoms with van der Waals surface area (Å²) < 4.78 is 96.8. The Bertz CT molecular complexity index is 3150. The molecule has 0 saturated heterocycles. The van der Waals surface area contributed by atoms with Crippen molar-refractivity contribution >= 4 is 21.8 Å². The summed E-state index contributed by atoms with van der Waals surface area (Å²) in [6.07, 6.45) is 8.30. The van der Waals surface area contributed by atoms with E-state index in [0.717, 1.165) is 33.2 Å². The maximum atomic E-state index is 8.81. The molecule has 0 aliphatic heterocycles. The number of pyridine rings is 1. The van der Waals surface area contributed by atoms with Crippen LogP contribution in [-0.4, -0.2) is 14.1 Å². The standard InChI is InChI=1S/C47H34N4O.Pt/c1-33(2)36-25-26-48-46(29-36)51-44-22-10-9-19-42(44)43-24-23-39(31-45(43)51)52-38-18-11-17-37(30-38)49-27-28-50(32-49)47-40(34-13-5-3-6-14-34)20-12-21-41(47)35-15-7-4-8-16-35;/h3-29,33H,1-2H3;/q-2;/i3D,4D,5D,6D,7D,8D,13D,14D,15D,16D;. The third kappa shape index (κ3) is 6.50. The van der Waals surface area contributed by atoms with E-state index in [-0.39, 0.29) is 49.0 Å². The summed E-state index contributed by atoms with van der Waals surface area (Å²) in [5.74, 6) is 1.89. The number of hydrogen-bond donors (Lipinski definition) is 0. The van der Waals surface area contributed by atoms with Gasteiger partial charge < -0.3 is 13.9 Å². The van der Waals surface area contributed by atoms with Crippen LogP contribution in [0.2, 0.25) is 0 Å². The first-order chi connectivity index (χ1) is 29.7. The van der Waals surface area contributed by atoms with E-state index in [0.29, 0.717) is 23.1 Å². The summed E-state index contributed by atoms with van der Waals surface area (Å²) >= 11 is 0. The van der Waals surface area contributed by atoms with Crippen LogP contribution in [0.15, 0.2) is 164 Å². The molecule has 0 fully saturated rings. The molecule has 9 aromatic rings. The van der Waals surface area contributed by atoms with Gasteiger partial charge in [0, 0.05) is 56.7 Å². The second-order valence-electron chi connectivity index (χ2n) is 12.4. The molecule has 0 atom stereocenters. The number of para-hydroxylation sites is 2. The number of ether oxygens (including phenoxy) is 1. The molecule has 0 unspecified atom stereocenters. The van der Waals surface area contributed by atoms with Gasteiger partial charge in [-0.15, -0.1) is 29.7 Å². The van der Waals surface area contributed by atoms with Gasteiger partial charge in [0.05, 0.1) is 19.4 Å². The average molecular weight is 876 g/mol. The van der Waals surface area contributed by atoms with Gasteiger partial charge in [-0.25, -0.2) is 4.98 Å². The number of aromatic nitrogens is 4. The summed E-state index contributed by atoms with van der Waals surface area (Å²) in [4.78, 5) is 4.73. The number of imidazole rings is 1. The Kier molecular flexibility index (Phi) is 6.65. The van der Waals surface area contributed by atoms with E-state index in [1.54, 1.807) is 53.4 Å². The number of rotatable bonds is 8. The number of hydrogen-bond acceptors (Lipinski definition) is 2. The van der Waals surface area contributed by atoms with Gasteiger partial charge in [-0.05, 0) is 63.0 Å². The number of nitrogens with zero attached hydrogens (tertiary/aromatic N) is 4. The van der Waals surface area contributed by atoms with E-state index >= 15 is 0 Å². The van der Waals surface area contributed by atoms with Crippen molar-refractivity contribution in [2.24, 2.45) is 0 Å². The molecule has 3 heterocycles. The van der Waals surface area contributed by atoms with Gasteiger partial charge in [-0.3, -0.25) is 4.57 Å². The minimum absolute atomic E-state index is 0. The molecule has 0 bridgehead atoms. The van der Waals surface area contributed by atoms with Crippen molar-refractivity contribution in [1.29, 1.82) is 0 Å². The minimum atomic E-state index is -0.566. The van der Waals surface area contributed by atoms with Gasteiger partial charge in [-0.1, -0.05) is 116 Å². The Morgan fingerprint density at radius 3 is 2.17 bits per heavy atom. The van der Waals surface area contributed by atoms with Crippen LogP contribution in [0.4, 0.5) is 0 Å². The molecule has 0 saturated carbocycles. The molecule has 9 rings (SSSR count). The zero-order valence-corrected chi connectivity index (χ0v) is 30.7. The van der Waals surface area contributed by atoms with Crippen LogP contribution in [0, 0.1) is 18.5 Å². The fourth-order valence-corrected chi connectivity index (χ4v) is 6.39. The normalized spacial score (nSPS) is 13.9. The Morgan fingerprint density at radius 2 is 1.43 bits per heavy atom. The molecule has 0 aliphatic carbocycles. The van der Waals surface area contributed by atoms with Crippen molar-refractivity contribution in [2.75, 3.05) is 0 Å². The molecular formula is C47H34N4OPt-2. The van der Waals surface area contributed by atoms with Gasteiger partial charge in [0.25, 0.3) is 6.33 Å². The van der Waals surface area contributed by atoms with Crippen LogP contribution in [-0.2, 0) is 21.1 Å². The fourth-order valence-electron chi connectivity index (χ4n) is 6.39. The van der Waals surface area contributed by atoms with Crippen molar-refractivity contribution in [3.05, 3.63) is 188 Å². The van der Waals surface area contributed by atoms with Crippen LogP contribution in [0.25, 0.3) is 61.3 Å². The molecular weight excluding hydrogens is 832 g/mol. The van der Waals surface area contributed by atoms with Crippen molar-refractivity contribution in [2.45, 2.75) is 19.8 Å². The van der Waals surface area contributed by atoms with Crippen LogP contribution >= 0.6 is 0 Å². The zero-order valence-electron chi connectivity index (χ0n) is 38.4. The topological polar surface area (TPSA) is 35.9 Å². The maximum absolute atomic E-state index is 8.81. The van der Waals surface area contributed by atoms with Gasteiger partial charge in [0.2, 0.25) is 0 Å². The molecule has 0 aliphatic rings. The van der Waals surface area contributed by atoms with Gasteiger partial charge >= 0.3 is 0 Å². The van der Waals surface area contributed by atoms with E-state index in [9.17, 15) is 0 Å². The molecule has 53 heavy (non-hydrogen) atoms. The second kappa shape index (κ2) is 14.5. The SMILES string of the molecule is [2H]c1c([2H])c([2H])c(-c2cccc(-c3c([2H])c([2H])c([2H])c([2H])c3[2H])c2-[n+]2[c-]n(-c3[c-]c(Oc4[c-]c5c(cc4)c4ccccc4n5-c4cc(C(C)C)ccn4)ccc3)cc2)c([2H])c1[2H].[Pt]. The maximum Gasteiger partial charge on any atom is 0.267 e. The smallest absolute Gasteiger partial charge is 0.267 e. The zero-order chi connectivity index (χ0) is 43.7. The van der Waals surface area contributed by atoms with Gasteiger partial charge in [0.15, 0.2) is 0 Å². The summed E-state index contributed by atoms with van der Waals surface area (Å²) in [7, 11) is 0. The first-order valence-electron chi connectivity index (χ1n) is 21.7. The van der Waals surface area contributed by atoms with E-state index in [1.165, 1.54) is 4.57 Å². The molecule has 0 spiro atoms. The first kappa shape index (κ1) is 24.3. The minimum Gasteiger partial charge on any atom is -0.510 e. The summed E-state index contributed by atoms with van der Waals surface area (Å²) in [6.45, 7) is 4.29. The summed E-state index contributed by atoms with van der Waals surface area (Å²) in [5.41, 5.74) is 3.64. The third-order valence-electron chi connectivity index (χ3n) is 8.85. The number of benzene rings is 6. The molecule has 260 valence electrons. The van der Waals surface area contributed by atoms with E-state index in [1.807, 2.05) is 36.5 Å². The first-order valence-corrected chi connectivity index (χ1v) is 16.7. The largest absolute Gasteiger partial charge is 0.510 e. The quantitative estimate of drug-likeness (QED) is 0.113. The molecule has 0 radical (unpaired) electrons. The summed E-state index contributed by atoms with van der Waals surface area (Å²) in [6, 6.07) is 27.6. The Balaban J connectivity index is 0.00000544.